The maximum absolute atomic E-state index is 10.5. The number of hydrogen-bond donors (Lipinski definition) is 3. The van der Waals surface area contributed by atoms with Gasteiger partial charge >= 0.3 is 6.09 Å². The van der Waals surface area contributed by atoms with Gasteiger partial charge in [-0.1, -0.05) is 6.08 Å². The van der Waals surface area contributed by atoms with Gasteiger partial charge in [0.05, 0.1) is 18.0 Å². The lowest BCUT2D eigenvalue weighted by atomic mass is 9.84. The van der Waals surface area contributed by atoms with Gasteiger partial charge in [-0.2, -0.15) is 5.01 Å². The van der Waals surface area contributed by atoms with Crippen LogP contribution in [0.1, 0.15) is 13.3 Å². The number of hydrazine groups is 1. The number of amides is 1. The summed E-state index contributed by atoms with van der Waals surface area (Å²) in [5.74, 6) is 0. The summed E-state index contributed by atoms with van der Waals surface area (Å²) in [4.78, 5) is 19.9. The monoisotopic (exact) mass is 345 g/mol. The second-order valence-corrected chi connectivity index (χ2v) is 5.83. The molecule has 0 saturated heterocycles. The molecule has 1 amide bonds. The molecule has 0 saturated carbocycles. The van der Waals surface area contributed by atoms with Gasteiger partial charge in [0, 0.05) is 25.9 Å². The standard InChI is InChI=1S/C17H23N5O3/c1-2-25-12-15-21-14-7-3-6-13-17(14,8-4-9-18-13)22(15)20-11-5-10-19-16(23)24/h3-4,6-9,15,19-20H,2,5,10-12H2,1H3,(H,23,24). The van der Waals surface area contributed by atoms with Gasteiger partial charge in [-0.05, 0) is 37.6 Å². The summed E-state index contributed by atoms with van der Waals surface area (Å²) in [7, 11) is 0. The molecule has 8 heteroatoms. The van der Waals surface area contributed by atoms with Gasteiger partial charge in [0.15, 0.2) is 0 Å². The summed E-state index contributed by atoms with van der Waals surface area (Å²) in [6.45, 7) is 4.06. The molecule has 0 aromatic carbocycles. The van der Waals surface area contributed by atoms with E-state index in [9.17, 15) is 4.79 Å². The van der Waals surface area contributed by atoms with E-state index >= 15 is 0 Å². The number of dihydropyridines is 1. The highest BCUT2D eigenvalue weighted by molar-refractivity contribution is 6.10. The lowest BCUT2D eigenvalue weighted by molar-refractivity contribution is 0.0291. The average molecular weight is 345 g/mol. The summed E-state index contributed by atoms with van der Waals surface area (Å²) >= 11 is 0. The molecular weight excluding hydrogens is 322 g/mol. The van der Waals surface area contributed by atoms with Crippen molar-refractivity contribution < 1.29 is 14.6 Å². The second-order valence-electron chi connectivity index (χ2n) is 5.83. The Morgan fingerprint density at radius 3 is 3.12 bits per heavy atom. The zero-order valence-corrected chi connectivity index (χ0v) is 14.2. The molecule has 0 fully saturated rings. The van der Waals surface area contributed by atoms with Crippen LogP contribution < -0.4 is 10.7 Å². The third kappa shape index (κ3) is 3.41. The number of carbonyl (C=O) groups is 1. The van der Waals surface area contributed by atoms with Crippen molar-refractivity contribution in [1.29, 1.82) is 0 Å². The molecule has 2 atom stereocenters. The van der Waals surface area contributed by atoms with Crippen LogP contribution in [0, 0.1) is 0 Å². The Morgan fingerprint density at radius 2 is 2.32 bits per heavy atom. The van der Waals surface area contributed by atoms with Crippen molar-refractivity contribution >= 4 is 18.0 Å². The first-order chi connectivity index (χ1) is 12.2. The molecular formula is C17H23N5O3. The molecule has 134 valence electrons. The van der Waals surface area contributed by atoms with E-state index in [-0.39, 0.29) is 6.17 Å². The second kappa shape index (κ2) is 7.73. The molecule has 2 aliphatic heterocycles. The van der Waals surface area contributed by atoms with Gasteiger partial charge in [0.2, 0.25) is 0 Å². The molecule has 1 aliphatic carbocycles. The molecule has 2 heterocycles. The zero-order chi connectivity index (χ0) is 17.7. The summed E-state index contributed by atoms with van der Waals surface area (Å²) in [6, 6.07) is 0. The van der Waals surface area contributed by atoms with Gasteiger partial charge < -0.3 is 15.2 Å². The number of aliphatic imine (C=N–C) groups is 2. The number of allylic oxidation sites excluding steroid dienone is 3. The molecule has 2 unspecified atom stereocenters. The van der Waals surface area contributed by atoms with Crippen LogP contribution in [0.5, 0.6) is 0 Å². The maximum Gasteiger partial charge on any atom is 0.404 e. The van der Waals surface area contributed by atoms with Crippen molar-refractivity contribution in [2.75, 3.05) is 26.3 Å². The predicted octanol–water partition coefficient (Wildman–Crippen LogP) is 1.10. The molecule has 0 bridgehead atoms. The summed E-state index contributed by atoms with van der Waals surface area (Å²) < 4.78 is 5.60. The van der Waals surface area contributed by atoms with E-state index in [1.165, 1.54) is 0 Å². The number of rotatable bonds is 8. The molecule has 3 rings (SSSR count). The molecule has 3 aliphatic rings. The number of ether oxygens (including phenoxy) is 1. The Balaban J connectivity index is 1.75. The first-order valence-electron chi connectivity index (χ1n) is 8.45. The minimum absolute atomic E-state index is 0.175. The highest BCUT2D eigenvalue weighted by Gasteiger charge is 2.51. The summed E-state index contributed by atoms with van der Waals surface area (Å²) in [6.07, 6.45) is 11.2. The maximum atomic E-state index is 10.5. The van der Waals surface area contributed by atoms with Crippen molar-refractivity contribution in [2.24, 2.45) is 9.98 Å². The number of carboxylic acid groups (broad SMARTS) is 1. The predicted molar refractivity (Wildman–Crippen MR) is 95.8 cm³/mol. The molecule has 0 radical (unpaired) electrons. The fourth-order valence-electron chi connectivity index (χ4n) is 3.20. The van der Waals surface area contributed by atoms with E-state index in [1.54, 1.807) is 6.21 Å². The van der Waals surface area contributed by atoms with Crippen LogP contribution in [0.3, 0.4) is 0 Å². The highest BCUT2D eigenvalue weighted by Crippen LogP contribution is 2.39. The van der Waals surface area contributed by atoms with Gasteiger partial charge in [-0.15, -0.1) is 0 Å². The van der Waals surface area contributed by atoms with Crippen molar-refractivity contribution in [3.8, 4) is 0 Å². The molecule has 0 aromatic heterocycles. The lowest BCUT2D eigenvalue weighted by Crippen LogP contribution is -2.60. The number of nitrogens with one attached hydrogen (secondary N) is 2. The molecule has 1 spiro atoms. The van der Waals surface area contributed by atoms with E-state index in [2.05, 4.69) is 26.8 Å². The molecule has 3 N–H and O–H groups in total. The first-order valence-corrected chi connectivity index (χ1v) is 8.45. The highest BCUT2D eigenvalue weighted by atomic mass is 16.5. The van der Waals surface area contributed by atoms with E-state index < -0.39 is 11.6 Å². The fraction of sp³-hybridized carbons (Fsp3) is 0.471. The van der Waals surface area contributed by atoms with Crippen LogP contribution in [-0.2, 0) is 4.74 Å². The van der Waals surface area contributed by atoms with Crippen molar-refractivity contribution in [3.63, 3.8) is 0 Å². The molecule has 25 heavy (non-hydrogen) atoms. The number of nitrogens with zero attached hydrogens (tertiary/aromatic N) is 3. The Morgan fingerprint density at radius 1 is 1.44 bits per heavy atom. The SMILES string of the molecule is CCOCC1N=C2C=CC=C3N=CC=CC32N1NCCCNC(=O)O. The Kier molecular flexibility index (Phi) is 5.42. The van der Waals surface area contributed by atoms with E-state index in [0.717, 1.165) is 11.4 Å². The van der Waals surface area contributed by atoms with Crippen LogP contribution in [0.2, 0.25) is 0 Å². The van der Waals surface area contributed by atoms with Crippen molar-refractivity contribution in [3.05, 3.63) is 36.1 Å². The first kappa shape index (κ1) is 17.5. The van der Waals surface area contributed by atoms with Gasteiger partial charge in [-0.25, -0.2) is 4.79 Å². The quantitative estimate of drug-likeness (QED) is 0.572. The van der Waals surface area contributed by atoms with E-state index in [4.69, 9.17) is 14.8 Å². The molecule has 0 aromatic rings. The topological polar surface area (TPSA) is 98.6 Å². The van der Waals surface area contributed by atoms with Crippen molar-refractivity contribution in [2.45, 2.75) is 25.0 Å². The third-order valence-electron chi connectivity index (χ3n) is 4.28. The fourth-order valence-corrected chi connectivity index (χ4v) is 3.20. The minimum Gasteiger partial charge on any atom is -0.465 e. The van der Waals surface area contributed by atoms with Gasteiger partial charge in [0.25, 0.3) is 0 Å². The summed E-state index contributed by atoms with van der Waals surface area (Å²) in [5.41, 5.74) is 4.71. The van der Waals surface area contributed by atoms with E-state index in [1.807, 2.05) is 31.2 Å². The summed E-state index contributed by atoms with van der Waals surface area (Å²) in [5, 5.41) is 13.1. The number of hydrogen-bond acceptors (Lipinski definition) is 6. The van der Waals surface area contributed by atoms with Crippen LogP contribution in [0.15, 0.2) is 46.1 Å². The normalized spacial score (nSPS) is 26.8. The lowest BCUT2D eigenvalue weighted by Gasteiger charge is -2.41. The van der Waals surface area contributed by atoms with Crippen LogP contribution in [0.4, 0.5) is 4.79 Å². The van der Waals surface area contributed by atoms with Gasteiger partial charge in [-0.3, -0.25) is 15.4 Å². The Bertz CT molecular complexity index is 667. The zero-order valence-electron chi connectivity index (χ0n) is 14.2. The smallest absolute Gasteiger partial charge is 0.404 e. The van der Waals surface area contributed by atoms with E-state index in [0.29, 0.717) is 32.7 Å². The minimum atomic E-state index is -1.01. The Labute approximate surface area is 146 Å². The van der Waals surface area contributed by atoms with Crippen molar-refractivity contribution in [1.82, 2.24) is 15.8 Å². The van der Waals surface area contributed by atoms with Gasteiger partial charge in [0.1, 0.15) is 11.7 Å². The van der Waals surface area contributed by atoms with Crippen LogP contribution in [0.25, 0.3) is 0 Å². The molecule has 8 nitrogen and oxygen atoms in total. The Hall–Kier alpha value is -2.29. The average Bonchev–Trinajstić information content (AvgIpc) is 2.91. The largest absolute Gasteiger partial charge is 0.465 e. The third-order valence-corrected chi connectivity index (χ3v) is 4.28. The van der Waals surface area contributed by atoms with Crippen LogP contribution >= 0.6 is 0 Å². The van der Waals surface area contributed by atoms with Crippen LogP contribution in [-0.4, -0.2) is 66.1 Å².